The van der Waals surface area contributed by atoms with Crippen LogP contribution in [0.3, 0.4) is 0 Å². The van der Waals surface area contributed by atoms with E-state index in [1.807, 2.05) is 0 Å². The summed E-state index contributed by atoms with van der Waals surface area (Å²) in [6.07, 6.45) is -1.58. The summed E-state index contributed by atoms with van der Waals surface area (Å²) in [6.45, 7) is 1.17. The van der Waals surface area contributed by atoms with Crippen LogP contribution in [0.25, 0.3) is 0 Å². The zero-order valence-electron chi connectivity index (χ0n) is 16.0. The average molecular weight is 483 g/mol. The molecule has 1 aromatic heterocycles. The molecule has 2 aromatic rings. The number of aromatic nitrogens is 1. The van der Waals surface area contributed by atoms with Crippen molar-refractivity contribution in [1.29, 1.82) is 5.26 Å². The van der Waals surface area contributed by atoms with Gasteiger partial charge in [-0.15, -0.1) is 0 Å². The molecule has 1 fully saturated rings. The number of nitrogens with zero attached hydrogens (tertiary/aromatic N) is 4. The molecule has 1 amide bonds. The van der Waals surface area contributed by atoms with Crippen molar-refractivity contribution in [2.45, 2.75) is 12.2 Å². The Hall–Kier alpha value is -2.64. The number of nitriles is 1. The molecule has 0 bridgehead atoms. The van der Waals surface area contributed by atoms with Gasteiger partial charge in [0.15, 0.2) is 0 Å². The molecule has 1 aliphatic rings. The normalized spacial score (nSPS) is 17.0. The molecule has 2 heterocycles. The second-order valence-electron chi connectivity index (χ2n) is 6.79. The minimum Gasteiger partial charge on any atom is -0.382 e. The highest BCUT2D eigenvalue weighted by Gasteiger charge is 2.36. The summed E-state index contributed by atoms with van der Waals surface area (Å²) in [6, 6.07) is 6.54. The molecular formula is C20H18BrF3N4O2. The van der Waals surface area contributed by atoms with Crippen molar-refractivity contribution < 1.29 is 22.7 Å². The quantitative estimate of drug-likeness (QED) is 0.664. The van der Waals surface area contributed by atoms with Gasteiger partial charge >= 0.3 is 6.18 Å². The lowest BCUT2D eigenvalue weighted by Gasteiger charge is -2.42. The van der Waals surface area contributed by atoms with Crippen molar-refractivity contribution in [2.24, 2.45) is 0 Å². The van der Waals surface area contributed by atoms with Crippen LogP contribution in [0.4, 0.5) is 18.9 Å². The molecule has 0 radical (unpaired) electrons. The van der Waals surface area contributed by atoms with Gasteiger partial charge in [0.2, 0.25) is 0 Å². The summed E-state index contributed by atoms with van der Waals surface area (Å²) in [5.41, 5.74) is -0.629. The van der Waals surface area contributed by atoms with Gasteiger partial charge in [-0.25, -0.2) is 0 Å². The molecule has 0 aliphatic carbocycles. The summed E-state index contributed by atoms with van der Waals surface area (Å²) in [5.74, 6) is -0.221. The SMILES string of the molecule is COCC1CN(c2ccc(C#N)c(C(F)(F)F)c2)CCN1C(=O)c1cncc(Br)c1. The summed E-state index contributed by atoms with van der Waals surface area (Å²) in [7, 11) is 1.51. The Morgan fingerprint density at radius 3 is 2.73 bits per heavy atom. The van der Waals surface area contributed by atoms with E-state index in [0.717, 1.165) is 6.07 Å². The number of hydrogen-bond acceptors (Lipinski definition) is 5. The smallest absolute Gasteiger partial charge is 0.382 e. The first kappa shape index (κ1) is 22.1. The number of carbonyl (C=O) groups excluding carboxylic acids is 1. The van der Waals surface area contributed by atoms with Gasteiger partial charge in [-0.2, -0.15) is 18.4 Å². The predicted molar refractivity (Wildman–Crippen MR) is 107 cm³/mol. The molecule has 1 atom stereocenters. The largest absolute Gasteiger partial charge is 0.417 e. The summed E-state index contributed by atoms with van der Waals surface area (Å²) in [5, 5.41) is 8.99. The van der Waals surface area contributed by atoms with Gasteiger partial charge in [0.25, 0.3) is 5.91 Å². The summed E-state index contributed by atoms with van der Waals surface area (Å²) in [4.78, 5) is 20.4. The van der Waals surface area contributed by atoms with Gasteiger partial charge in [-0.1, -0.05) is 0 Å². The predicted octanol–water partition coefficient (Wildman–Crippen LogP) is 3.71. The Labute approximate surface area is 180 Å². The monoisotopic (exact) mass is 482 g/mol. The highest BCUT2D eigenvalue weighted by Crippen LogP contribution is 2.35. The Morgan fingerprint density at radius 2 is 2.10 bits per heavy atom. The Balaban J connectivity index is 1.85. The number of alkyl halides is 3. The third-order valence-corrected chi connectivity index (χ3v) is 5.28. The standard InChI is InChI=1S/C20H18BrF3N4O2/c1-30-12-17-11-27(16-3-2-13(8-25)18(7-16)20(22,23)24)4-5-28(17)19(29)14-6-15(21)10-26-9-14/h2-3,6-7,9-10,17H,4-5,11-12H2,1H3. The minimum atomic E-state index is -4.63. The number of hydrogen-bond donors (Lipinski definition) is 0. The van der Waals surface area contributed by atoms with Crippen LogP contribution >= 0.6 is 15.9 Å². The molecule has 0 saturated carbocycles. The highest BCUT2D eigenvalue weighted by molar-refractivity contribution is 9.10. The maximum atomic E-state index is 13.3. The van der Waals surface area contributed by atoms with E-state index < -0.39 is 17.3 Å². The molecule has 3 rings (SSSR count). The van der Waals surface area contributed by atoms with E-state index in [1.165, 1.54) is 25.4 Å². The van der Waals surface area contributed by atoms with E-state index in [-0.39, 0.29) is 18.6 Å². The number of benzene rings is 1. The number of methoxy groups -OCH3 is 1. The van der Waals surface area contributed by atoms with E-state index in [0.29, 0.717) is 35.4 Å². The number of piperazine rings is 1. The number of carbonyl (C=O) groups is 1. The molecule has 1 saturated heterocycles. The summed E-state index contributed by atoms with van der Waals surface area (Å²) >= 11 is 3.29. The van der Waals surface area contributed by atoms with E-state index in [4.69, 9.17) is 10.00 Å². The second-order valence-corrected chi connectivity index (χ2v) is 7.70. The van der Waals surface area contributed by atoms with E-state index >= 15 is 0 Å². The molecular weight excluding hydrogens is 465 g/mol. The number of anilines is 1. The van der Waals surface area contributed by atoms with Gasteiger partial charge in [-0.3, -0.25) is 9.78 Å². The average Bonchev–Trinajstić information content (AvgIpc) is 2.72. The first-order valence-electron chi connectivity index (χ1n) is 9.01. The van der Waals surface area contributed by atoms with Crippen molar-refractivity contribution in [3.63, 3.8) is 0 Å². The number of halogens is 4. The summed E-state index contributed by atoms with van der Waals surface area (Å²) < 4.78 is 45.9. The Morgan fingerprint density at radius 1 is 1.33 bits per heavy atom. The van der Waals surface area contributed by atoms with Gasteiger partial charge in [0.05, 0.1) is 35.4 Å². The molecule has 0 N–H and O–H groups in total. The Bertz CT molecular complexity index is 977. The number of amides is 1. The maximum absolute atomic E-state index is 13.3. The fourth-order valence-electron chi connectivity index (χ4n) is 3.45. The van der Waals surface area contributed by atoms with Crippen LogP contribution in [0.2, 0.25) is 0 Å². The molecule has 1 aromatic carbocycles. The lowest BCUT2D eigenvalue weighted by Crippen LogP contribution is -2.57. The highest BCUT2D eigenvalue weighted by atomic mass is 79.9. The molecule has 1 aliphatic heterocycles. The van der Waals surface area contributed by atoms with Crippen LogP contribution in [0.5, 0.6) is 0 Å². The van der Waals surface area contributed by atoms with Crippen molar-refractivity contribution in [3.05, 3.63) is 57.8 Å². The number of rotatable bonds is 4. The van der Waals surface area contributed by atoms with Crippen molar-refractivity contribution in [2.75, 3.05) is 38.3 Å². The zero-order chi connectivity index (χ0) is 21.9. The molecule has 10 heteroatoms. The molecule has 30 heavy (non-hydrogen) atoms. The fourth-order valence-corrected chi connectivity index (χ4v) is 3.81. The van der Waals surface area contributed by atoms with E-state index in [9.17, 15) is 18.0 Å². The molecule has 0 spiro atoms. The van der Waals surface area contributed by atoms with E-state index in [1.54, 1.807) is 28.1 Å². The zero-order valence-corrected chi connectivity index (χ0v) is 17.6. The lowest BCUT2D eigenvalue weighted by atomic mass is 10.0. The van der Waals surface area contributed by atoms with Gasteiger partial charge in [0.1, 0.15) is 0 Å². The van der Waals surface area contributed by atoms with Crippen molar-refractivity contribution >= 4 is 27.5 Å². The molecule has 6 nitrogen and oxygen atoms in total. The van der Waals surface area contributed by atoms with Crippen LogP contribution in [-0.4, -0.2) is 55.2 Å². The van der Waals surface area contributed by atoms with Crippen LogP contribution in [0.15, 0.2) is 41.1 Å². The van der Waals surface area contributed by atoms with Gasteiger partial charge < -0.3 is 14.5 Å². The van der Waals surface area contributed by atoms with Crippen LogP contribution in [-0.2, 0) is 10.9 Å². The lowest BCUT2D eigenvalue weighted by molar-refractivity contribution is -0.137. The van der Waals surface area contributed by atoms with Crippen molar-refractivity contribution in [1.82, 2.24) is 9.88 Å². The Kier molecular flexibility index (Phi) is 6.63. The van der Waals surface area contributed by atoms with E-state index in [2.05, 4.69) is 20.9 Å². The van der Waals surface area contributed by atoms with Crippen LogP contribution in [0.1, 0.15) is 21.5 Å². The third-order valence-electron chi connectivity index (χ3n) is 4.85. The molecule has 1 unspecified atom stereocenters. The maximum Gasteiger partial charge on any atom is 0.417 e. The third kappa shape index (κ3) is 4.74. The topological polar surface area (TPSA) is 69.5 Å². The van der Waals surface area contributed by atoms with Crippen LogP contribution < -0.4 is 4.90 Å². The van der Waals surface area contributed by atoms with Gasteiger partial charge in [-0.05, 0) is 40.2 Å². The first-order valence-corrected chi connectivity index (χ1v) is 9.80. The van der Waals surface area contributed by atoms with Crippen LogP contribution in [0, 0.1) is 11.3 Å². The fraction of sp³-hybridized carbons (Fsp3) is 0.350. The molecule has 158 valence electrons. The number of ether oxygens (including phenoxy) is 1. The first-order chi connectivity index (χ1) is 14.2. The second kappa shape index (κ2) is 9.02. The van der Waals surface area contributed by atoms with Gasteiger partial charge in [0, 0.05) is 49.3 Å². The number of pyridine rings is 1. The van der Waals surface area contributed by atoms with Crippen molar-refractivity contribution in [3.8, 4) is 6.07 Å². The minimum absolute atomic E-state index is 0.221.